The summed E-state index contributed by atoms with van der Waals surface area (Å²) in [7, 11) is 1.53. The number of nitrogens with one attached hydrogen (secondary N) is 2. The van der Waals surface area contributed by atoms with Gasteiger partial charge in [0.15, 0.2) is 0 Å². The van der Waals surface area contributed by atoms with Gasteiger partial charge in [0.05, 0.1) is 0 Å². The van der Waals surface area contributed by atoms with Gasteiger partial charge in [0.2, 0.25) is 5.91 Å². The summed E-state index contributed by atoms with van der Waals surface area (Å²) in [6.45, 7) is 2.44. The molecular formula is C13H23N3O4. The Labute approximate surface area is 118 Å². The van der Waals surface area contributed by atoms with Gasteiger partial charge >= 0.3 is 12.0 Å². The summed E-state index contributed by atoms with van der Waals surface area (Å²) >= 11 is 0. The molecule has 1 aliphatic heterocycles. The molecule has 1 rings (SSSR count). The van der Waals surface area contributed by atoms with E-state index in [-0.39, 0.29) is 5.91 Å². The lowest BCUT2D eigenvalue weighted by molar-refractivity contribution is -0.139. The van der Waals surface area contributed by atoms with E-state index < -0.39 is 24.1 Å². The summed E-state index contributed by atoms with van der Waals surface area (Å²) in [6, 6.07) is -1.87. The molecule has 0 saturated carbocycles. The number of unbranched alkanes of at least 4 members (excludes halogenated alkanes) is 1. The molecule has 1 heterocycles. The van der Waals surface area contributed by atoms with Crippen LogP contribution in [0.1, 0.15) is 39.0 Å². The fraction of sp³-hybridized carbons (Fsp3) is 0.769. The maximum Gasteiger partial charge on any atom is 0.326 e. The monoisotopic (exact) mass is 285 g/mol. The Morgan fingerprint density at radius 1 is 1.40 bits per heavy atom. The fourth-order valence-corrected chi connectivity index (χ4v) is 2.35. The van der Waals surface area contributed by atoms with Gasteiger partial charge in [-0.1, -0.05) is 19.8 Å². The number of likely N-dealkylation sites (tertiary alicyclic amines) is 1. The van der Waals surface area contributed by atoms with E-state index in [9.17, 15) is 14.4 Å². The Morgan fingerprint density at radius 2 is 2.10 bits per heavy atom. The molecule has 114 valence electrons. The number of aliphatic carboxylic acids is 1. The predicted molar refractivity (Wildman–Crippen MR) is 73.3 cm³/mol. The van der Waals surface area contributed by atoms with Gasteiger partial charge in [-0.2, -0.15) is 0 Å². The standard InChI is InChI=1S/C13H23N3O4/c1-3-4-6-9(12(18)19)15-13(20)16-8-5-7-10(16)11(17)14-2/h9-10H,3-8H2,1-2H3,(H,14,17)(H,15,20)(H,18,19). The molecule has 0 bridgehead atoms. The highest BCUT2D eigenvalue weighted by atomic mass is 16.4. The summed E-state index contributed by atoms with van der Waals surface area (Å²) in [5.41, 5.74) is 0. The van der Waals surface area contributed by atoms with Crippen molar-refractivity contribution in [3.05, 3.63) is 0 Å². The second-order valence-corrected chi connectivity index (χ2v) is 4.95. The first-order valence-corrected chi connectivity index (χ1v) is 7.02. The van der Waals surface area contributed by atoms with E-state index >= 15 is 0 Å². The molecule has 1 saturated heterocycles. The number of rotatable bonds is 6. The summed E-state index contributed by atoms with van der Waals surface area (Å²) in [5.74, 6) is -1.25. The van der Waals surface area contributed by atoms with E-state index in [0.717, 1.165) is 19.3 Å². The SMILES string of the molecule is CCCCC(NC(=O)N1CCCC1C(=O)NC)C(=O)O. The van der Waals surface area contributed by atoms with E-state index in [1.165, 1.54) is 11.9 Å². The summed E-state index contributed by atoms with van der Waals surface area (Å²) < 4.78 is 0. The Balaban J connectivity index is 2.63. The lowest BCUT2D eigenvalue weighted by Gasteiger charge is -2.25. The zero-order chi connectivity index (χ0) is 15.1. The van der Waals surface area contributed by atoms with Crippen molar-refractivity contribution in [3.63, 3.8) is 0 Å². The van der Waals surface area contributed by atoms with Gasteiger partial charge in [-0.25, -0.2) is 9.59 Å². The number of urea groups is 1. The average Bonchev–Trinajstić information content (AvgIpc) is 2.91. The molecular weight excluding hydrogens is 262 g/mol. The van der Waals surface area contributed by atoms with Crippen LogP contribution in [0.15, 0.2) is 0 Å². The number of hydrogen-bond acceptors (Lipinski definition) is 3. The van der Waals surface area contributed by atoms with Crippen LogP contribution in [0, 0.1) is 0 Å². The van der Waals surface area contributed by atoms with Crippen LogP contribution in [0.2, 0.25) is 0 Å². The third-order valence-corrected chi connectivity index (χ3v) is 3.50. The van der Waals surface area contributed by atoms with Crippen molar-refractivity contribution in [2.45, 2.75) is 51.1 Å². The summed E-state index contributed by atoms with van der Waals surface area (Å²) in [4.78, 5) is 36.3. The Bertz CT molecular complexity index is 373. The van der Waals surface area contributed by atoms with E-state index in [1.54, 1.807) is 0 Å². The van der Waals surface area contributed by atoms with Crippen molar-refractivity contribution in [3.8, 4) is 0 Å². The first-order chi connectivity index (χ1) is 9.51. The van der Waals surface area contributed by atoms with Crippen molar-refractivity contribution in [2.75, 3.05) is 13.6 Å². The number of carbonyl (C=O) groups is 3. The van der Waals surface area contributed by atoms with Gasteiger partial charge in [0, 0.05) is 13.6 Å². The van der Waals surface area contributed by atoms with Crippen molar-refractivity contribution in [1.82, 2.24) is 15.5 Å². The normalized spacial score (nSPS) is 19.5. The minimum Gasteiger partial charge on any atom is -0.480 e. The molecule has 20 heavy (non-hydrogen) atoms. The molecule has 0 aliphatic carbocycles. The summed E-state index contributed by atoms with van der Waals surface area (Å²) in [6.07, 6.45) is 3.36. The first-order valence-electron chi connectivity index (χ1n) is 7.02. The fourth-order valence-electron chi connectivity index (χ4n) is 2.35. The van der Waals surface area contributed by atoms with E-state index in [4.69, 9.17) is 5.11 Å². The Morgan fingerprint density at radius 3 is 2.65 bits per heavy atom. The largest absolute Gasteiger partial charge is 0.480 e. The number of nitrogens with zero attached hydrogens (tertiary/aromatic N) is 1. The number of carboxylic acids is 1. The van der Waals surface area contributed by atoms with Crippen molar-refractivity contribution in [2.24, 2.45) is 0 Å². The van der Waals surface area contributed by atoms with E-state index in [0.29, 0.717) is 19.4 Å². The van der Waals surface area contributed by atoms with Crippen LogP contribution in [0.25, 0.3) is 0 Å². The highest BCUT2D eigenvalue weighted by Gasteiger charge is 2.34. The summed E-state index contributed by atoms with van der Waals surface area (Å²) in [5, 5.41) is 14.1. The zero-order valence-electron chi connectivity index (χ0n) is 12.0. The van der Waals surface area contributed by atoms with Gasteiger partial charge < -0.3 is 20.6 Å². The maximum absolute atomic E-state index is 12.1. The minimum atomic E-state index is -1.04. The number of hydrogen-bond donors (Lipinski definition) is 3. The van der Waals surface area contributed by atoms with Crippen LogP contribution < -0.4 is 10.6 Å². The van der Waals surface area contributed by atoms with Crippen molar-refractivity contribution in [1.29, 1.82) is 0 Å². The van der Waals surface area contributed by atoms with Crippen LogP contribution in [0.4, 0.5) is 4.79 Å². The minimum absolute atomic E-state index is 0.210. The number of likely N-dealkylation sites (N-methyl/N-ethyl adjacent to an activating group) is 1. The second-order valence-electron chi connectivity index (χ2n) is 4.95. The molecule has 0 aromatic heterocycles. The molecule has 1 fully saturated rings. The van der Waals surface area contributed by atoms with Crippen LogP contribution in [-0.4, -0.2) is 53.6 Å². The molecule has 0 spiro atoms. The lowest BCUT2D eigenvalue weighted by Crippen LogP contribution is -2.52. The van der Waals surface area contributed by atoms with Crippen molar-refractivity contribution < 1.29 is 19.5 Å². The third-order valence-electron chi connectivity index (χ3n) is 3.50. The number of carbonyl (C=O) groups excluding carboxylic acids is 2. The van der Waals surface area contributed by atoms with Crippen LogP contribution >= 0.6 is 0 Å². The highest BCUT2D eigenvalue weighted by Crippen LogP contribution is 2.17. The van der Waals surface area contributed by atoms with Gasteiger partial charge in [-0.15, -0.1) is 0 Å². The second kappa shape index (κ2) is 7.72. The molecule has 1 aliphatic rings. The van der Waals surface area contributed by atoms with Gasteiger partial charge in [-0.05, 0) is 19.3 Å². The Hall–Kier alpha value is -1.79. The topological polar surface area (TPSA) is 98.7 Å². The number of amides is 3. The molecule has 2 unspecified atom stereocenters. The molecule has 0 radical (unpaired) electrons. The highest BCUT2D eigenvalue weighted by molar-refractivity contribution is 5.89. The van der Waals surface area contributed by atoms with E-state index in [2.05, 4.69) is 10.6 Å². The van der Waals surface area contributed by atoms with Crippen LogP contribution in [-0.2, 0) is 9.59 Å². The van der Waals surface area contributed by atoms with Crippen molar-refractivity contribution >= 4 is 17.9 Å². The molecule has 7 nitrogen and oxygen atoms in total. The van der Waals surface area contributed by atoms with E-state index in [1.807, 2.05) is 6.92 Å². The molecule has 2 atom stereocenters. The molecule has 7 heteroatoms. The lowest BCUT2D eigenvalue weighted by atomic mass is 10.1. The zero-order valence-corrected chi connectivity index (χ0v) is 12.0. The van der Waals surface area contributed by atoms with Gasteiger partial charge in [0.25, 0.3) is 0 Å². The molecule has 3 N–H and O–H groups in total. The average molecular weight is 285 g/mol. The van der Waals surface area contributed by atoms with Crippen LogP contribution in [0.5, 0.6) is 0 Å². The smallest absolute Gasteiger partial charge is 0.326 e. The van der Waals surface area contributed by atoms with Crippen LogP contribution in [0.3, 0.4) is 0 Å². The quantitative estimate of drug-likeness (QED) is 0.663. The third kappa shape index (κ3) is 4.11. The number of carboxylic acid groups (broad SMARTS) is 1. The van der Waals surface area contributed by atoms with Gasteiger partial charge in [-0.3, -0.25) is 4.79 Å². The van der Waals surface area contributed by atoms with Gasteiger partial charge in [0.1, 0.15) is 12.1 Å². The molecule has 0 aromatic carbocycles. The molecule has 0 aromatic rings. The maximum atomic E-state index is 12.1. The first kappa shape index (κ1) is 16.3. The predicted octanol–water partition coefficient (Wildman–Crippen LogP) is 0.550. The molecule has 3 amide bonds. The Kier molecular flexibility index (Phi) is 6.27.